The van der Waals surface area contributed by atoms with E-state index in [1.165, 1.54) is 23.9 Å². The van der Waals surface area contributed by atoms with Crippen molar-refractivity contribution in [2.45, 2.75) is 17.4 Å². The monoisotopic (exact) mass is 297 g/mol. The number of nitro benzene ring substituents is 1. The van der Waals surface area contributed by atoms with Gasteiger partial charge in [0.15, 0.2) is 0 Å². The average molecular weight is 297 g/mol. The Kier molecular flexibility index (Phi) is 4.57. The van der Waals surface area contributed by atoms with Gasteiger partial charge in [-0.2, -0.15) is 0 Å². The second-order valence-electron chi connectivity index (χ2n) is 3.97. The number of hydrogen-bond acceptors (Lipinski definition) is 7. The molecule has 106 valence electrons. The zero-order valence-electron chi connectivity index (χ0n) is 10.3. The zero-order chi connectivity index (χ0) is 14.5. The molecule has 1 aliphatic rings. The molecule has 20 heavy (non-hydrogen) atoms. The third kappa shape index (κ3) is 3.70. The van der Waals surface area contributed by atoms with Crippen molar-refractivity contribution in [1.82, 2.24) is 0 Å². The number of nitrogens with zero attached hydrogens (tertiary/aromatic N) is 1. The summed E-state index contributed by atoms with van der Waals surface area (Å²) in [5.74, 6) is -1.00. The molecule has 1 aromatic rings. The molecule has 1 saturated heterocycles. The number of carbonyl (C=O) groups excluding carboxylic acids is 2. The molecule has 8 heteroatoms. The number of thioether (sulfide) groups is 1. The summed E-state index contributed by atoms with van der Waals surface area (Å²) in [5.41, 5.74) is -0.00868. The van der Waals surface area contributed by atoms with Crippen molar-refractivity contribution in [1.29, 1.82) is 0 Å². The molecule has 0 aromatic heterocycles. The molecule has 0 bridgehead atoms. The van der Waals surface area contributed by atoms with Crippen LogP contribution >= 0.6 is 11.8 Å². The van der Waals surface area contributed by atoms with Gasteiger partial charge in [-0.25, -0.2) is 4.79 Å². The van der Waals surface area contributed by atoms with Crippen LogP contribution in [0.2, 0.25) is 0 Å². The number of benzene rings is 1. The van der Waals surface area contributed by atoms with Crippen molar-refractivity contribution in [3.8, 4) is 0 Å². The lowest BCUT2D eigenvalue weighted by Crippen LogP contribution is -2.23. The second kappa shape index (κ2) is 6.38. The first-order valence-electron chi connectivity index (χ1n) is 5.79. The van der Waals surface area contributed by atoms with E-state index in [0.717, 1.165) is 0 Å². The number of non-ortho nitro benzene ring substituents is 1. The number of ether oxygens (including phenoxy) is 2. The van der Waals surface area contributed by atoms with Crippen LogP contribution in [0.5, 0.6) is 0 Å². The van der Waals surface area contributed by atoms with Gasteiger partial charge in [0.25, 0.3) is 5.69 Å². The summed E-state index contributed by atoms with van der Waals surface area (Å²) >= 11 is 1.18. The highest BCUT2D eigenvalue weighted by Gasteiger charge is 2.29. The van der Waals surface area contributed by atoms with Gasteiger partial charge in [0.2, 0.25) is 6.10 Å². The highest BCUT2D eigenvalue weighted by Crippen LogP contribution is 2.22. The maximum Gasteiger partial charge on any atom is 0.347 e. The predicted molar refractivity (Wildman–Crippen MR) is 69.3 cm³/mol. The molecule has 0 aliphatic carbocycles. The molecule has 0 radical (unpaired) electrons. The van der Waals surface area contributed by atoms with Gasteiger partial charge in [-0.05, 0) is 12.1 Å². The largest absolute Gasteiger partial charge is 0.463 e. The van der Waals surface area contributed by atoms with Crippen LogP contribution in [0.25, 0.3) is 0 Å². The van der Waals surface area contributed by atoms with E-state index in [0.29, 0.717) is 11.3 Å². The molecular formula is C12H11NO6S. The number of nitro groups is 1. The third-order valence-electron chi connectivity index (χ3n) is 2.57. The van der Waals surface area contributed by atoms with E-state index in [2.05, 4.69) is 4.74 Å². The van der Waals surface area contributed by atoms with Gasteiger partial charge < -0.3 is 9.47 Å². The summed E-state index contributed by atoms with van der Waals surface area (Å²) in [4.78, 5) is 33.4. The Bertz CT molecular complexity index is 529. The molecule has 0 amide bonds. The minimum Gasteiger partial charge on any atom is -0.463 e. The standard InChI is InChI=1S/C12H11NO6S/c14-11(19-10-5-6-18-12(10)15)7-20-9-3-1-8(2-4-9)13(16)17/h1-4,10H,5-7H2. The first kappa shape index (κ1) is 14.3. The normalized spacial score (nSPS) is 17.6. The number of esters is 2. The summed E-state index contributed by atoms with van der Waals surface area (Å²) in [6.07, 6.45) is -0.424. The van der Waals surface area contributed by atoms with E-state index < -0.39 is 23.0 Å². The van der Waals surface area contributed by atoms with E-state index in [4.69, 9.17) is 4.74 Å². The molecule has 1 aliphatic heterocycles. The molecule has 0 N–H and O–H groups in total. The van der Waals surface area contributed by atoms with Crippen molar-refractivity contribution in [2.24, 2.45) is 0 Å². The fourth-order valence-corrected chi connectivity index (χ4v) is 2.26. The van der Waals surface area contributed by atoms with E-state index in [1.54, 1.807) is 12.1 Å². The Hall–Kier alpha value is -2.09. The van der Waals surface area contributed by atoms with Crippen LogP contribution in [0, 0.1) is 10.1 Å². The smallest absolute Gasteiger partial charge is 0.347 e. The maximum absolute atomic E-state index is 11.5. The first-order valence-corrected chi connectivity index (χ1v) is 6.78. The van der Waals surface area contributed by atoms with Crippen LogP contribution in [0.1, 0.15) is 6.42 Å². The maximum atomic E-state index is 11.5. The molecular weight excluding hydrogens is 286 g/mol. The van der Waals surface area contributed by atoms with Gasteiger partial charge in [-0.3, -0.25) is 14.9 Å². The van der Waals surface area contributed by atoms with Crippen LogP contribution < -0.4 is 0 Å². The topological polar surface area (TPSA) is 95.7 Å². The van der Waals surface area contributed by atoms with Crippen molar-refractivity contribution >= 4 is 29.4 Å². The van der Waals surface area contributed by atoms with Gasteiger partial charge in [0.1, 0.15) is 0 Å². The average Bonchev–Trinajstić information content (AvgIpc) is 2.82. The summed E-state index contributed by atoms with van der Waals surface area (Å²) < 4.78 is 9.64. The number of carbonyl (C=O) groups is 2. The molecule has 1 atom stereocenters. The Balaban J connectivity index is 1.81. The molecule has 0 spiro atoms. The highest BCUT2D eigenvalue weighted by atomic mass is 32.2. The van der Waals surface area contributed by atoms with Crippen LogP contribution in [0.15, 0.2) is 29.2 Å². The van der Waals surface area contributed by atoms with Crippen molar-refractivity contribution < 1.29 is 24.0 Å². The predicted octanol–water partition coefficient (Wildman–Crippen LogP) is 1.55. The fraction of sp³-hybridized carbons (Fsp3) is 0.333. The van der Waals surface area contributed by atoms with Gasteiger partial charge in [-0.15, -0.1) is 11.8 Å². The third-order valence-corrected chi connectivity index (χ3v) is 3.55. The molecule has 1 fully saturated rings. The summed E-state index contributed by atoms with van der Waals surface area (Å²) in [7, 11) is 0. The molecule has 1 unspecified atom stereocenters. The Morgan fingerprint density at radius 2 is 2.15 bits per heavy atom. The lowest BCUT2D eigenvalue weighted by atomic mass is 10.3. The fourth-order valence-electron chi connectivity index (χ4n) is 1.58. The minimum atomic E-state index is -0.806. The van der Waals surface area contributed by atoms with Crippen molar-refractivity contribution in [3.63, 3.8) is 0 Å². The van der Waals surface area contributed by atoms with E-state index in [1.807, 2.05) is 0 Å². The molecule has 1 heterocycles. The second-order valence-corrected chi connectivity index (χ2v) is 5.02. The van der Waals surface area contributed by atoms with Crippen LogP contribution in [0.3, 0.4) is 0 Å². The molecule has 7 nitrogen and oxygen atoms in total. The van der Waals surface area contributed by atoms with Crippen LogP contribution in [-0.2, 0) is 19.1 Å². The SMILES string of the molecule is O=C(CSc1ccc([N+](=O)[O-])cc1)OC1CCOC1=O. The minimum absolute atomic E-state index is 0.00868. The van der Waals surface area contributed by atoms with E-state index in [-0.39, 0.29) is 18.0 Å². The summed E-state index contributed by atoms with van der Waals surface area (Å²) in [6, 6.07) is 5.84. The molecule has 0 saturated carbocycles. The summed E-state index contributed by atoms with van der Waals surface area (Å²) in [5, 5.41) is 10.5. The van der Waals surface area contributed by atoms with Gasteiger partial charge in [0.05, 0.1) is 17.3 Å². The Morgan fingerprint density at radius 1 is 1.45 bits per heavy atom. The number of hydrogen-bond donors (Lipinski definition) is 0. The van der Waals surface area contributed by atoms with E-state index >= 15 is 0 Å². The quantitative estimate of drug-likeness (QED) is 0.352. The molecule has 2 rings (SSSR count). The van der Waals surface area contributed by atoms with Gasteiger partial charge in [-0.1, -0.05) is 0 Å². The lowest BCUT2D eigenvalue weighted by molar-refractivity contribution is -0.384. The number of rotatable bonds is 5. The Labute approximate surface area is 118 Å². The summed E-state index contributed by atoms with van der Waals surface area (Å²) in [6.45, 7) is 0.270. The zero-order valence-corrected chi connectivity index (χ0v) is 11.1. The highest BCUT2D eigenvalue weighted by molar-refractivity contribution is 8.00. The lowest BCUT2D eigenvalue weighted by Gasteiger charge is -2.07. The van der Waals surface area contributed by atoms with Crippen molar-refractivity contribution in [3.05, 3.63) is 34.4 Å². The van der Waals surface area contributed by atoms with Crippen LogP contribution in [-0.4, -0.2) is 35.3 Å². The first-order chi connectivity index (χ1) is 9.56. The molecule has 1 aromatic carbocycles. The van der Waals surface area contributed by atoms with E-state index in [9.17, 15) is 19.7 Å². The van der Waals surface area contributed by atoms with Gasteiger partial charge >= 0.3 is 11.9 Å². The van der Waals surface area contributed by atoms with Crippen molar-refractivity contribution in [2.75, 3.05) is 12.4 Å². The van der Waals surface area contributed by atoms with Crippen LogP contribution in [0.4, 0.5) is 5.69 Å². The Morgan fingerprint density at radius 3 is 2.70 bits per heavy atom. The van der Waals surface area contributed by atoms with Gasteiger partial charge in [0, 0.05) is 23.4 Å². The number of cyclic esters (lactones) is 1.